The van der Waals surface area contributed by atoms with Crippen LogP contribution in [0.4, 0.5) is 23.1 Å². The number of nitrogens with zero attached hydrogens (tertiary/aromatic N) is 5. The molecule has 10 nitrogen and oxygen atoms in total. The lowest BCUT2D eigenvalue weighted by Crippen LogP contribution is -2.29. The minimum Gasteiger partial charge on any atom is -0.488 e. The van der Waals surface area contributed by atoms with Gasteiger partial charge >= 0.3 is 0 Å². The molecular weight excluding hydrogens is 562 g/mol. The molecule has 2 fully saturated rings. The van der Waals surface area contributed by atoms with Crippen molar-refractivity contribution in [2.24, 2.45) is 0 Å². The average Bonchev–Trinajstić information content (AvgIpc) is 3.56. The monoisotopic (exact) mass is 599 g/mol. The van der Waals surface area contributed by atoms with Gasteiger partial charge in [-0.25, -0.2) is 13.4 Å². The molecule has 1 aromatic carbocycles. The van der Waals surface area contributed by atoms with Crippen LogP contribution in [0.2, 0.25) is 5.02 Å². The Morgan fingerprint density at radius 3 is 2.54 bits per heavy atom. The van der Waals surface area contributed by atoms with Crippen molar-refractivity contribution in [2.45, 2.75) is 88.1 Å². The van der Waals surface area contributed by atoms with Gasteiger partial charge in [0.2, 0.25) is 20.8 Å². The molecule has 12 heteroatoms. The number of ether oxygens (including phenoxy) is 1. The number of sulfone groups is 1. The van der Waals surface area contributed by atoms with Crippen molar-refractivity contribution < 1.29 is 13.2 Å². The van der Waals surface area contributed by atoms with E-state index in [4.69, 9.17) is 16.3 Å². The number of piperidine rings is 1. The molecule has 1 unspecified atom stereocenters. The summed E-state index contributed by atoms with van der Waals surface area (Å²) in [6.45, 7) is 9.77. The smallest absolute Gasteiger partial charge is 0.229 e. The largest absolute Gasteiger partial charge is 0.488 e. The average molecular weight is 600 g/mol. The van der Waals surface area contributed by atoms with Crippen LogP contribution >= 0.6 is 11.6 Å². The Hall–Kier alpha value is -2.89. The number of nitrogens with one attached hydrogen (secondary N) is 2. The van der Waals surface area contributed by atoms with Crippen LogP contribution in [0, 0.1) is 6.92 Å². The molecule has 1 saturated carbocycles. The van der Waals surface area contributed by atoms with Crippen molar-refractivity contribution in [3.8, 4) is 5.75 Å². The first-order valence-electron chi connectivity index (χ1n) is 14.4. The molecule has 1 aliphatic carbocycles. The fourth-order valence-electron chi connectivity index (χ4n) is 5.89. The number of rotatable bonds is 8. The predicted molar refractivity (Wildman–Crippen MR) is 161 cm³/mol. The summed E-state index contributed by atoms with van der Waals surface area (Å²) in [5.74, 6) is 2.02. The number of aromatic nitrogens is 4. The van der Waals surface area contributed by atoms with Gasteiger partial charge in [0.25, 0.3) is 0 Å². The van der Waals surface area contributed by atoms with Gasteiger partial charge in [0, 0.05) is 12.0 Å². The normalized spacial score (nSPS) is 19.8. The third-order valence-electron chi connectivity index (χ3n) is 8.32. The van der Waals surface area contributed by atoms with Gasteiger partial charge in [0.05, 0.1) is 35.1 Å². The third kappa shape index (κ3) is 5.51. The lowest BCUT2D eigenvalue weighted by atomic mass is 9.82. The second kappa shape index (κ2) is 10.7. The van der Waals surface area contributed by atoms with Gasteiger partial charge in [-0.05, 0) is 96.6 Å². The highest BCUT2D eigenvalue weighted by atomic mass is 35.5. The third-order valence-corrected chi connectivity index (χ3v) is 10.7. The van der Waals surface area contributed by atoms with Gasteiger partial charge < -0.3 is 20.3 Å². The van der Waals surface area contributed by atoms with Crippen molar-refractivity contribution in [3.05, 3.63) is 40.2 Å². The predicted octanol–water partition coefficient (Wildman–Crippen LogP) is 5.77. The van der Waals surface area contributed by atoms with Gasteiger partial charge in [-0.3, -0.25) is 4.68 Å². The molecule has 6 rings (SSSR count). The molecule has 2 aromatic heterocycles. The lowest BCUT2D eigenvalue weighted by Gasteiger charge is -2.31. The van der Waals surface area contributed by atoms with Crippen molar-refractivity contribution in [3.63, 3.8) is 0 Å². The summed E-state index contributed by atoms with van der Waals surface area (Å²) in [5, 5.41) is 10.6. The molecule has 0 bridgehead atoms. The number of benzene rings is 1. The molecular formula is C29H38ClN7O3S. The Bertz CT molecular complexity index is 1580. The fourth-order valence-corrected chi connectivity index (χ4v) is 7.10. The number of fused-ring (bicyclic) bond motifs is 1. The van der Waals surface area contributed by atoms with Crippen molar-refractivity contribution in [1.29, 1.82) is 0 Å². The zero-order valence-corrected chi connectivity index (χ0v) is 25.8. The van der Waals surface area contributed by atoms with E-state index in [9.17, 15) is 8.42 Å². The molecule has 2 aliphatic heterocycles. The highest BCUT2D eigenvalue weighted by molar-refractivity contribution is 7.92. The molecule has 1 saturated heterocycles. The first kappa shape index (κ1) is 28.2. The molecule has 41 heavy (non-hydrogen) atoms. The van der Waals surface area contributed by atoms with Gasteiger partial charge in [0.1, 0.15) is 16.9 Å². The van der Waals surface area contributed by atoms with E-state index in [2.05, 4.69) is 57.6 Å². The van der Waals surface area contributed by atoms with Gasteiger partial charge in [-0.15, -0.1) is 0 Å². The van der Waals surface area contributed by atoms with E-state index in [0.29, 0.717) is 23.4 Å². The molecule has 220 valence electrons. The van der Waals surface area contributed by atoms with Gasteiger partial charge in [0.15, 0.2) is 5.82 Å². The minimum absolute atomic E-state index is 0.00363. The molecule has 0 radical (unpaired) electrons. The van der Waals surface area contributed by atoms with E-state index < -0.39 is 15.1 Å². The van der Waals surface area contributed by atoms with Crippen LogP contribution < -0.4 is 15.4 Å². The summed E-state index contributed by atoms with van der Waals surface area (Å²) in [6, 6.07) is 2.35. The number of anilines is 4. The van der Waals surface area contributed by atoms with Crippen LogP contribution in [-0.2, 0) is 16.3 Å². The van der Waals surface area contributed by atoms with Crippen LogP contribution in [0.25, 0.3) is 0 Å². The number of aryl methyl sites for hydroxylation is 1. The second-order valence-corrected chi connectivity index (χ2v) is 14.8. The highest BCUT2D eigenvalue weighted by Gasteiger charge is 2.33. The Kier molecular flexibility index (Phi) is 7.40. The quantitative estimate of drug-likeness (QED) is 0.333. The lowest BCUT2D eigenvalue weighted by molar-refractivity contribution is 0.254. The zero-order chi connectivity index (χ0) is 29.1. The van der Waals surface area contributed by atoms with Crippen LogP contribution in [0.15, 0.2) is 23.5 Å². The van der Waals surface area contributed by atoms with E-state index >= 15 is 0 Å². The summed E-state index contributed by atoms with van der Waals surface area (Å²) in [6.07, 6.45) is 8.44. The van der Waals surface area contributed by atoms with Gasteiger partial charge in [-0.2, -0.15) is 10.1 Å². The standard InChI is InChI=1S/C29H38ClN7O3S/c1-16(2)41(38,39)28-24(15-37(35-28)20-6-7-20)32-27-22(30)14-31-29(34-27)33-23-12-17(3)25(19-8-10-36(5)11-9-19)21-13-18(4)40-26(21)23/h12,14-16,18-20H,6-11,13H2,1-5H3,(H2,31,32,33,34). The highest BCUT2D eigenvalue weighted by Crippen LogP contribution is 2.46. The number of hydrogen-bond donors (Lipinski definition) is 2. The topological polar surface area (TPSA) is 114 Å². The number of likely N-dealkylation sites (tertiary alicyclic amines) is 1. The van der Waals surface area contributed by atoms with Crippen molar-refractivity contribution in [2.75, 3.05) is 30.8 Å². The summed E-state index contributed by atoms with van der Waals surface area (Å²) in [5.41, 5.74) is 5.11. The molecule has 4 heterocycles. The Labute approximate surface area is 246 Å². The summed E-state index contributed by atoms with van der Waals surface area (Å²) >= 11 is 6.50. The van der Waals surface area contributed by atoms with Crippen LogP contribution in [-0.4, -0.2) is 64.6 Å². The van der Waals surface area contributed by atoms with E-state index in [1.807, 2.05) is 0 Å². The Balaban J connectivity index is 1.31. The first-order valence-corrected chi connectivity index (χ1v) is 16.3. The summed E-state index contributed by atoms with van der Waals surface area (Å²) in [7, 11) is -1.45. The summed E-state index contributed by atoms with van der Waals surface area (Å²) < 4.78 is 34.3. The van der Waals surface area contributed by atoms with E-state index in [-0.39, 0.29) is 22.2 Å². The number of halogens is 1. The molecule has 0 spiro atoms. The maximum atomic E-state index is 13.1. The molecule has 3 aliphatic rings. The maximum Gasteiger partial charge on any atom is 0.229 e. The molecule has 2 N–H and O–H groups in total. The molecule has 1 atom stereocenters. The number of hydrogen-bond acceptors (Lipinski definition) is 9. The minimum atomic E-state index is -3.63. The summed E-state index contributed by atoms with van der Waals surface area (Å²) in [4.78, 5) is 11.4. The maximum absolute atomic E-state index is 13.1. The SMILES string of the molecule is Cc1cc(Nc2ncc(Cl)c(Nc3cn(C4CC4)nc3S(=O)(=O)C(C)C)n2)c2c(c1C1CCN(C)CC1)CC(C)O2. The Morgan fingerprint density at radius 1 is 1.12 bits per heavy atom. The van der Waals surface area contributed by atoms with Crippen LogP contribution in [0.1, 0.15) is 75.1 Å². The second-order valence-electron chi connectivity index (χ2n) is 12.0. The first-order chi connectivity index (χ1) is 19.5. The van der Waals surface area contributed by atoms with E-state index in [0.717, 1.165) is 56.6 Å². The van der Waals surface area contributed by atoms with Crippen molar-refractivity contribution >= 4 is 44.6 Å². The fraction of sp³-hybridized carbons (Fsp3) is 0.552. The zero-order valence-electron chi connectivity index (χ0n) is 24.2. The molecule has 3 aromatic rings. The molecule has 0 amide bonds. The van der Waals surface area contributed by atoms with Crippen molar-refractivity contribution in [1.82, 2.24) is 24.6 Å². The Morgan fingerprint density at radius 2 is 1.85 bits per heavy atom. The van der Waals surface area contributed by atoms with E-state index in [1.54, 1.807) is 24.7 Å². The van der Waals surface area contributed by atoms with Crippen LogP contribution in [0.3, 0.4) is 0 Å². The van der Waals surface area contributed by atoms with E-state index in [1.165, 1.54) is 22.9 Å². The van der Waals surface area contributed by atoms with Crippen LogP contribution in [0.5, 0.6) is 5.75 Å². The van der Waals surface area contributed by atoms with Gasteiger partial charge in [-0.1, -0.05) is 11.6 Å².